The first-order valence-electron chi connectivity index (χ1n) is 11.5. The quantitative estimate of drug-likeness (QED) is 0.313. The standard InChI is InChI=1S/C27H25N7OS/c1-18-9-11-23(12-10-18)34-20(3)25(19(2)32-34)29-24(35)17-36-27-31-30-26(21-13-15-28-16-14-21)33(27)22-7-5-4-6-8-22/h4-16H,17H2,1-3H3,(H,29,35). The van der Waals surface area contributed by atoms with Crippen LogP contribution in [0.25, 0.3) is 22.8 Å². The summed E-state index contributed by atoms with van der Waals surface area (Å²) in [5.41, 5.74) is 6.32. The van der Waals surface area contributed by atoms with Crippen molar-refractivity contribution in [3.05, 3.63) is 96.1 Å². The largest absolute Gasteiger partial charge is 0.322 e. The lowest BCUT2D eigenvalue weighted by Crippen LogP contribution is -2.15. The van der Waals surface area contributed by atoms with Gasteiger partial charge in [-0.2, -0.15) is 5.10 Å². The number of carbonyl (C=O) groups excluding carboxylic acids is 1. The molecule has 0 aliphatic rings. The summed E-state index contributed by atoms with van der Waals surface area (Å²) < 4.78 is 3.81. The minimum atomic E-state index is -0.136. The van der Waals surface area contributed by atoms with Crippen molar-refractivity contribution >= 4 is 23.4 Å². The summed E-state index contributed by atoms with van der Waals surface area (Å²) >= 11 is 1.34. The van der Waals surface area contributed by atoms with E-state index in [1.165, 1.54) is 17.3 Å². The Bertz CT molecular complexity index is 1490. The summed E-state index contributed by atoms with van der Waals surface area (Å²) in [6.07, 6.45) is 3.45. The van der Waals surface area contributed by atoms with Gasteiger partial charge in [0.15, 0.2) is 11.0 Å². The molecule has 0 atom stereocenters. The fourth-order valence-corrected chi connectivity index (χ4v) is 4.68. The number of nitrogens with one attached hydrogen (secondary N) is 1. The van der Waals surface area contributed by atoms with Gasteiger partial charge in [0.25, 0.3) is 0 Å². The van der Waals surface area contributed by atoms with Crippen LogP contribution >= 0.6 is 11.8 Å². The normalized spacial score (nSPS) is 11.0. The molecule has 8 nitrogen and oxygen atoms in total. The van der Waals surface area contributed by atoms with Crippen LogP contribution < -0.4 is 5.32 Å². The molecule has 0 fully saturated rings. The molecule has 0 aliphatic heterocycles. The van der Waals surface area contributed by atoms with Crippen LogP contribution in [-0.2, 0) is 4.79 Å². The Morgan fingerprint density at radius 3 is 2.33 bits per heavy atom. The Labute approximate surface area is 213 Å². The number of aryl methyl sites for hydroxylation is 2. The number of amides is 1. The molecule has 0 bridgehead atoms. The van der Waals surface area contributed by atoms with E-state index in [0.29, 0.717) is 11.0 Å². The second kappa shape index (κ2) is 10.2. The Morgan fingerprint density at radius 2 is 1.61 bits per heavy atom. The van der Waals surface area contributed by atoms with Gasteiger partial charge in [-0.15, -0.1) is 10.2 Å². The number of nitrogens with zero attached hydrogens (tertiary/aromatic N) is 6. The number of rotatable bonds is 7. The molecule has 3 heterocycles. The molecule has 1 N–H and O–H groups in total. The van der Waals surface area contributed by atoms with Gasteiger partial charge in [-0.05, 0) is 57.2 Å². The van der Waals surface area contributed by atoms with E-state index >= 15 is 0 Å². The molecule has 0 spiro atoms. The van der Waals surface area contributed by atoms with Gasteiger partial charge in [0.2, 0.25) is 5.91 Å². The lowest BCUT2D eigenvalue weighted by Gasteiger charge is -2.10. The average molecular weight is 496 g/mol. The van der Waals surface area contributed by atoms with Gasteiger partial charge >= 0.3 is 0 Å². The fourth-order valence-electron chi connectivity index (χ4n) is 3.93. The molecule has 180 valence electrons. The van der Waals surface area contributed by atoms with Crippen LogP contribution in [0.3, 0.4) is 0 Å². The van der Waals surface area contributed by atoms with E-state index in [1.54, 1.807) is 12.4 Å². The summed E-state index contributed by atoms with van der Waals surface area (Å²) in [4.78, 5) is 17.1. The fraction of sp³-hybridized carbons (Fsp3) is 0.148. The average Bonchev–Trinajstić information content (AvgIpc) is 3.45. The highest BCUT2D eigenvalue weighted by atomic mass is 32.2. The molecule has 0 saturated heterocycles. The monoisotopic (exact) mass is 495 g/mol. The molecule has 3 aromatic heterocycles. The molecule has 0 saturated carbocycles. The third-order valence-corrected chi connectivity index (χ3v) is 6.68. The summed E-state index contributed by atoms with van der Waals surface area (Å²) in [6.45, 7) is 5.90. The van der Waals surface area contributed by atoms with E-state index in [2.05, 4.69) is 25.6 Å². The van der Waals surface area contributed by atoms with E-state index < -0.39 is 0 Å². The number of aromatic nitrogens is 6. The topological polar surface area (TPSA) is 90.5 Å². The first-order chi connectivity index (χ1) is 17.5. The van der Waals surface area contributed by atoms with Gasteiger partial charge in [-0.25, -0.2) is 4.68 Å². The van der Waals surface area contributed by atoms with Crippen molar-refractivity contribution in [3.63, 3.8) is 0 Å². The number of benzene rings is 2. The van der Waals surface area contributed by atoms with Crippen molar-refractivity contribution in [2.45, 2.75) is 25.9 Å². The summed E-state index contributed by atoms with van der Waals surface area (Å²) in [5, 5.41) is 17.1. The van der Waals surface area contributed by atoms with Gasteiger partial charge in [0, 0.05) is 23.6 Å². The number of anilines is 1. The van der Waals surface area contributed by atoms with E-state index in [0.717, 1.165) is 34.0 Å². The number of carbonyl (C=O) groups is 1. The Balaban J connectivity index is 1.36. The predicted molar refractivity (Wildman–Crippen MR) is 142 cm³/mol. The summed E-state index contributed by atoms with van der Waals surface area (Å²) in [5.74, 6) is 0.732. The van der Waals surface area contributed by atoms with Gasteiger partial charge in [0.1, 0.15) is 0 Å². The first kappa shape index (κ1) is 23.5. The Morgan fingerprint density at radius 1 is 0.889 bits per heavy atom. The lowest BCUT2D eigenvalue weighted by atomic mass is 10.2. The van der Waals surface area contributed by atoms with E-state index in [9.17, 15) is 4.79 Å². The van der Waals surface area contributed by atoms with Crippen molar-refractivity contribution in [1.82, 2.24) is 29.5 Å². The maximum absolute atomic E-state index is 13.0. The lowest BCUT2D eigenvalue weighted by molar-refractivity contribution is -0.113. The molecule has 9 heteroatoms. The first-order valence-corrected chi connectivity index (χ1v) is 12.5. The van der Waals surface area contributed by atoms with E-state index in [-0.39, 0.29) is 11.7 Å². The number of hydrogen-bond donors (Lipinski definition) is 1. The van der Waals surface area contributed by atoms with Gasteiger partial charge in [0.05, 0.1) is 28.5 Å². The minimum Gasteiger partial charge on any atom is -0.322 e. The summed E-state index contributed by atoms with van der Waals surface area (Å²) in [7, 11) is 0. The molecule has 5 aromatic rings. The maximum Gasteiger partial charge on any atom is 0.234 e. The smallest absolute Gasteiger partial charge is 0.234 e. The van der Waals surface area contributed by atoms with Crippen LogP contribution in [-0.4, -0.2) is 41.2 Å². The van der Waals surface area contributed by atoms with Crippen molar-refractivity contribution < 1.29 is 4.79 Å². The molecule has 0 unspecified atom stereocenters. The molecule has 36 heavy (non-hydrogen) atoms. The highest BCUT2D eigenvalue weighted by Crippen LogP contribution is 2.28. The van der Waals surface area contributed by atoms with E-state index in [4.69, 9.17) is 0 Å². The van der Waals surface area contributed by atoms with Crippen molar-refractivity contribution in [2.24, 2.45) is 0 Å². The number of para-hydroxylation sites is 1. The predicted octanol–water partition coefficient (Wildman–Crippen LogP) is 5.17. The molecule has 2 aromatic carbocycles. The number of thioether (sulfide) groups is 1. The second-order valence-corrected chi connectivity index (χ2v) is 9.29. The highest BCUT2D eigenvalue weighted by molar-refractivity contribution is 7.99. The van der Waals surface area contributed by atoms with E-state index in [1.807, 2.05) is 96.8 Å². The van der Waals surface area contributed by atoms with Crippen LogP contribution in [0.5, 0.6) is 0 Å². The molecule has 0 aliphatic carbocycles. The molecular weight excluding hydrogens is 470 g/mol. The van der Waals surface area contributed by atoms with Crippen molar-refractivity contribution in [1.29, 1.82) is 0 Å². The van der Waals surface area contributed by atoms with Crippen molar-refractivity contribution in [3.8, 4) is 22.8 Å². The Kier molecular flexibility index (Phi) is 6.64. The zero-order valence-electron chi connectivity index (χ0n) is 20.2. The van der Waals surface area contributed by atoms with Gasteiger partial charge in [-0.1, -0.05) is 47.7 Å². The van der Waals surface area contributed by atoms with Crippen LogP contribution in [0.2, 0.25) is 0 Å². The van der Waals surface area contributed by atoms with Crippen LogP contribution in [0.4, 0.5) is 5.69 Å². The molecule has 1 amide bonds. The minimum absolute atomic E-state index is 0.136. The third kappa shape index (κ3) is 4.78. The van der Waals surface area contributed by atoms with Crippen LogP contribution in [0.1, 0.15) is 17.0 Å². The number of hydrogen-bond acceptors (Lipinski definition) is 6. The highest BCUT2D eigenvalue weighted by Gasteiger charge is 2.19. The van der Waals surface area contributed by atoms with Gasteiger partial charge < -0.3 is 5.32 Å². The zero-order valence-corrected chi connectivity index (χ0v) is 21.0. The molecule has 0 radical (unpaired) electrons. The Hall–Kier alpha value is -4.24. The molecular formula is C27H25N7OS. The van der Waals surface area contributed by atoms with Crippen LogP contribution in [0.15, 0.2) is 84.3 Å². The SMILES string of the molecule is Cc1ccc(-n2nc(C)c(NC(=O)CSc3nnc(-c4ccncc4)n3-c3ccccc3)c2C)cc1. The zero-order chi connectivity index (χ0) is 25.1. The van der Waals surface area contributed by atoms with Crippen LogP contribution in [0, 0.1) is 20.8 Å². The number of pyridine rings is 1. The van der Waals surface area contributed by atoms with Gasteiger partial charge in [-0.3, -0.25) is 14.3 Å². The third-order valence-electron chi connectivity index (χ3n) is 5.75. The van der Waals surface area contributed by atoms with Crippen molar-refractivity contribution in [2.75, 3.05) is 11.1 Å². The summed E-state index contributed by atoms with van der Waals surface area (Å²) in [6, 6.07) is 21.8. The second-order valence-electron chi connectivity index (χ2n) is 8.34. The molecule has 5 rings (SSSR count). The maximum atomic E-state index is 13.0.